The number of unbranched alkanes of at least 4 members (excludes halogenated alkanes) is 2. The van der Waals surface area contributed by atoms with Crippen LogP contribution >= 0.6 is 0 Å². The van der Waals surface area contributed by atoms with E-state index in [-0.39, 0.29) is 0 Å². The Labute approximate surface area is 140 Å². The SMILES string of the molecule is CCCCCNc1ccnc(N(Cc2ccccc2)C(C)C)n1. The van der Waals surface area contributed by atoms with E-state index in [0.717, 1.165) is 24.9 Å². The first-order chi connectivity index (χ1) is 11.2. The Bertz CT molecular complexity index is 569. The van der Waals surface area contributed by atoms with Crippen LogP contribution in [-0.4, -0.2) is 22.6 Å². The number of benzene rings is 1. The van der Waals surface area contributed by atoms with E-state index >= 15 is 0 Å². The molecule has 0 atom stereocenters. The molecule has 124 valence electrons. The Hall–Kier alpha value is -2.10. The van der Waals surface area contributed by atoms with Gasteiger partial charge in [-0.05, 0) is 31.9 Å². The Morgan fingerprint density at radius 3 is 2.57 bits per heavy atom. The normalized spacial score (nSPS) is 10.8. The summed E-state index contributed by atoms with van der Waals surface area (Å²) in [6.45, 7) is 8.34. The van der Waals surface area contributed by atoms with Gasteiger partial charge in [-0.1, -0.05) is 50.1 Å². The number of anilines is 2. The number of hydrogen-bond donors (Lipinski definition) is 1. The van der Waals surface area contributed by atoms with Gasteiger partial charge in [0.25, 0.3) is 0 Å². The summed E-state index contributed by atoms with van der Waals surface area (Å²) in [4.78, 5) is 11.4. The quantitative estimate of drug-likeness (QED) is 0.692. The predicted molar refractivity (Wildman–Crippen MR) is 97.8 cm³/mol. The molecule has 23 heavy (non-hydrogen) atoms. The average molecular weight is 312 g/mol. The second-order valence-corrected chi connectivity index (χ2v) is 6.08. The molecule has 0 spiro atoms. The van der Waals surface area contributed by atoms with Crippen molar-refractivity contribution in [3.63, 3.8) is 0 Å². The van der Waals surface area contributed by atoms with Crippen LogP contribution in [0, 0.1) is 0 Å². The molecular weight excluding hydrogens is 284 g/mol. The summed E-state index contributed by atoms with van der Waals surface area (Å²) < 4.78 is 0. The molecule has 0 aliphatic rings. The molecule has 0 saturated carbocycles. The molecule has 1 aromatic heterocycles. The first kappa shape index (κ1) is 17.3. The molecular formula is C19H28N4. The molecule has 0 bridgehead atoms. The third-order valence-corrected chi connectivity index (χ3v) is 3.81. The summed E-state index contributed by atoms with van der Waals surface area (Å²) in [6.07, 6.45) is 5.49. The smallest absolute Gasteiger partial charge is 0.227 e. The van der Waals surface area contributed by atoms with Crippen molar-refractivity contribution in [3.05, 3.63) is 48.2 Å². The van der Waals surface area contributed by atoms with E-state index in [1.54, 1.807) is 0 Å². The molecule has 0 saturated heterocycles. The van der Waals surface area contributed by atoms with Gasteiger partial charge in [0.2, 0.25) is 5.95 Å². The van der Waals surface area contributed by atoms with Crippen molar-refractivity contribution in [1.29, 1.82) is 0 Å². The summed E-state index contributed by atoms with van der Waals surface area (Å²) in [6, 6.07) is 12.7. The molecule has 2 rings (SSSR count). The molecule has 1 aromatic carbocycles. The molecule has 0 aliphatic heterocycles. The zero-order chi connectivity index (χ0) is 16.5. The van der Waals surface area contributed by atoms with Gasteiger partial charge in [0.1, 0.15) is 5.82 Å². The molecule has 0 aliphatic carbocycles. The van der Waals surface area contributed by atoms with Crippen LogP contribution in [0.3, 0.4) is 0 Å². The summed E-state index contributed by atoms with van der Waals surface area (Å²) in [5.41, 5.74) is 1.27. The minimum absolute atomic E-state index is 0.338. The summed E-state index contributed by atoms with van der Waals surface area (Å²) in [5, 5.41) is 3.40. The van der Waals surface area contributed by atoms with Crippen LogP contribution in [0.2, 0.25) is 0 Å². The molecule has 0 unspecified atom stereocenters. The second kappa shape index (κ2) is 9.13. The number of nitrogens with one attached hydrogen (secondary N) is 1. The van der Waals surface area contributed by atoms with E-state index in [0.29, 0.717) is 6.04 Å². The van der Waals surface area contributed by atoms with Crippen molar-refractivity contribution < 1.29 is 0 Å². The highest BCUT2D eigenvalue weighted by Crippen LogP contribution is 2.17. The van der Waals surface area contributed by atoms with Crippen molar-refractivity contribution in [1.82, 2.24) is 9.97 Å². The molecule has 4 heteroatoms. The summed E-state index contributed by atoms with van der Waals surface area (Å²) in [5.74, 6) is 1.69. The van der Waals surface area contributed by atoms with Gasteiger partial charge in [-0.25, -0.2) is 4.98 Å². The van der Waals surface area contributed by atoms with Gasteiger partial charge in [-0.2, -0.15) is 4.98 Å². The molecule has 2 aromatic rings. The fourth-order valence-electron chi connectivity index (χ4n) is 2.44. The maximum atomic E-state index is 4.69. The maximum Gasteiger partial charge on any atom is 0.227 e. The lowest BCUT2D eigenvalue weighted by Gasteiger charge is -2.27. The van der Waals surface area contributed by atoms with Crippen LogP contribution < -0.4 is 10.2 Å². The summed E-state index contributed by atoms with van der Waals surface area (Å²) >= 11 is 0. The monoisotopic (exact) mass is 312 g/mol. The molecule has 4 nitrogen and oxygen atoms in total. The van der Waals surface area contributed by atoms with Crippen LogP contribution in [0.15, 0.2) is 42.6 Å². The van der Waals surface area contributed by atoms with Gasteiger partial charge < -0.3 is 10.2 Å². The Morgan fingerprint density at radius 2 is 1.87 bits per heavy atom. The summed E-state index contributed by atoms with van der Waals surface area (Å²) in [7, 11) is 0. The largest absolute Gasteiger partial charge is 0.370 e. The van der Waals surface area contributed by atoms with Gasteiger partial charge >= 0.3 is 0 Å². The minimum Gasteiger partial charge on any atom is -0.370 e. The van der Waals surface area contributed by atoms with Crippen LogP contribution in [0.25, 0.3) is 0 Å². The van der Waals surface area contributed by atoms with Gasteiger partial charge in [0, 0.05) is 25.3 Å². The highest BCUT2D eigenvalue weighted by Gasteiger charge is 2.14. The molecule has 0 radical (unpaired) electrons. The fourth-order valence-corrected chi connectivity index (χ4v) is 2.44. The predicted octanol–water partition coefficient (Wildman–Crippen LogP) is 4.49. The standard InChI is InChI=1S/C19H28N4/c1-4-5-9-13-20-18-12-14-21-19(22-18)23(16(2)3)15-17-10-7-6-8-11-17/h6-8,10-12,14,16H,4-5,9,13,15H2,1-3H3,(H,20,21,22). The lowest BCUT2D eigenvalue weighted by atomic mass is 10.2. The molecule has 0 amide bonds. The van der Waals surface area contributed by atoms with Crippen LogP contribution in [0.4, 0.5) is 11.8 Å². The minimum atomic E-state index is 0.338. The third-order valence-electron chi connectivity index (χ3n) is 3.81. The van der Waals surface area contributed by atoms with E-state index < -0.39 is 0 Å². The van der Waals surface area contributed by atoms with Gasteiger partial charge in [0.15, 0.2) is 0 Å². The van der Waals surface area contributed by atoms with E-state index in [4.69, 9.17) is 4.98 Å². The zero-order valence-corrected chi connectivity index (χ0v) is 14.5. The third kappa shape index (κ3) is 5.55. The number of rotatable bonds is 9. The van der Waals surface area contributed by atoms with E-state index in [9.17, 15) is 0 Å². The van der Waals surface area contributed by atoms with Crippen molar-refractivity contribution in [2.45, 2.75) is 52.6 Å². The van der Waals surface area contributed by atoms with E-state index in [1.807, 2.05) is 18.3 Å². The number of aromatic nitrogens is 2. The molecule has 1 N–H and O–H groups in total. The second-order valence-electron chi connectivity index (χ2n) is 6.08. The van der Waals surface area contributed by atoms with Crippen LogP contribution in [-0.2, 0) is 6.54 Å². The van der Waals surface area contributed by atoms with Crippen molar-refractivity contribution in [3.8, 4) is 0 Å². The number of nitrogens with zero attached hydrogens (tertiary/aromatic N) is 3. The topological polar surface area (TPSA) is 41.1 Å². The first-order valence-corrected chi connectivity index (χ1v) is 8.58. The zero-order valence-electron chi connectivity index (χ0n) is 14.5. The molecule has 0 fully saturated rings. The maximum absolute atomic E-state index is 4.69. The lowest BCUT2D eigenvalue weighted by molar-refractivity contribution is 0.660. The van der Waals surface area contributed by atoms with Crippen molar-refractivity contribution in [2.75, 3.05) is 16.8 Å². The van der Waals surface area contributed by atoms with E-state index in [1.165, 1.54) is 24.8 Å². The molecule has 1 heterocycles. The fraction of sp³-hybridized carbons (Fsp3) is 0.474. The Morgan fingerprint density at radius 1 is 1.09 bits per heavy atom. The van der Waals surface area contributed by atoms with Gasteiger partial charge in [0.05, 0.1) is 0 Å². The first-order valence-electron chi connectivity index (χ1n) is 8.58. The highest BCUT2D eigenvalue weighted by atomic mass is 15.3. The Balaban J connectivity index is 2.06. The van der Waals surface area contributed by atoms with Gasteiger partial charge in [-0.15, -0.1) is 0 Å². The van der Waals surface area contributed by atoms with Crippen LogP contribution in [0.1, 0.15) is 45.6 Å². The Kier molecular flexibility index (Phi) is 6.85. The highest BCUT2D eigenvalue weighted by molar-refractivity contribution is 5.42. The van der Waals surface area contributed by atoms with Crippen molar-refractivity contribution in [2.24, 2.45) is 0 Å². The van der Waals surface area contributed by atoms with E-state index in [2.05, 4.69) is 60.2 Å². The average Bonchev–Trinajstić information content (AvgIpc) is 2.57. The van der Waals surface area contributed by atoms with Crippen molar-refractivity contribution >= 4 is 11.8 Å². The lowest BCUT2D eigenvalue weighted by Crippen LogP contribution is -2.31. The van der Waals surface area contributed by atoms with Gasteiger partial charge in [-0.3, -0.25) is 0 Å². The van der Waals surface area contributed by atoms with Crippen LogP contribution in [0.5, 0.6) is 0 Å². The number of hydrogen-bond acceptors (Lipinski definition) is 4.